The number of aryl methyl sites for hydroxylation is 1. The first-order chi connectivity index (χ1) is 13.6. The molecule has 2 aromatic rings. The maximum atomic E-state index is 12.4. The molecule has 0 saturated carbocycles. The van der Waals surface area contributed by atoms with E-state index in [0.29, 0.717) is 21.2 Å². The van der Waals surface area contributed by atoms with Crippen molar-refractivity contribution < 1.29 is 23.9 Å². The molecule has 0 radical (unpaired) electrons. The number of amides is 2. The first-order valence-corrected chi connectivity index (χ1v) is 10.1. The van der Waals surface area contributed by atoms with Crippen LogP contribution in [-0.4, -0.2) is 50.0 Å². The molecule has 29 heavy (non-hydrogen) atoms. The smallest absolute Gasteiger partial charge is 0.341 e. The number of carbonyl (C=O) groups is 3. The number of thiophene rings is 1. The molecule has 1 aromatic carbocycles. The Morgan fingerprint density at radius 2 is 1.90 bits per heavy atom. The molecule has 1 aromatic heterocycles. The van der Waals surface area contributed by atoms with E-state index >= 15 is 0 Å². The van der Waals surface area contributed by atoms with E-state index in [9.17, 15) is 14.4 Å². The predicted octanol–water partition coefficient (Wildman–Crippen LogP) is 3.91. The first-order valence-electron chi connectivity index (χ1n) is 8.86. The van der Waals surface area contributed by atoms with Gasteiger partial charge >= 0.3 is 5.97 Å². The van der Waals surface area contributed by atoms with Crippen LogP contribution in [0.2, 0.25) is 5.02 Å². The van der Waals surface area contributed by atoms with E-state index in [1.54, 1.807) is 46.1 Å². The number of hydrogen-bond acceptors (Lipinski definition) is 6. The highest BCUT2D eigenvalue weighted by Crippen LogP contribution is 2.34. The molecule has 0 bridgehead atoms. The Hall–Kier alpha value is -2.58. The minimum atomic E-state index is -0.594. The lowest BCUT2D eigenvalue weighted by Crippen LogP contribution is -2.21. The van der Waals surface area contributed by atoms with Crippen LogP contribution in [0.4, 0.5) is 5.00 Å². The molecule has 1 N–H and O–H groups in total. The molecule has 0 saturated heterocycles. The summed E-state index contributed by atoms with van der Waals surface area (Å²) >= 11 is 6.95. The fraction of sp³-hybridized carbons (Fsp3) is 0.350. The third-order valence-corrected chi connectivity index (χ3v) is 5.41. The molecule has 156 valence electrons. The van der Waals surface area contributed by atoms with Gasteiger partial charge in [0.25, 0.3) is 11.8 Å². The van der Waals surface area contributed by atoms with Crippen LogP contribution in [-0.2, 0) is 9.53 Å². The average Bonchev–Trinajstić information content (AvgIpc) is 2.96. The van der Waals surface area contributed by atoms with Crippen molar-refractivity contribution in [1.29, 1.82) is 0 Å². The van der Waals surface area contributed by atoms with Crippen molar-refractivity contribution in [2.24, 2.45) is 0 Å². The predicted molar refractivity (Wildman–Crippen MR) is 113 cm³/mol. The Bertz CT molecular complexity index is 939. The van der Waals surface area contributed by atoms with E-state index in [0.717, 1.165) is 16.9 Å². The molecule has 1 heterocycles. The minimum absolute atomic E-state index is 0.178. The molecule has 0 fully saturated rings. The van der Waals surface area contributed by atoms with Gasteiger partial charge in [-0.3, -0.25) is 9.59 Å². The molecule has 0 aliphatic heterocycles. The van der Waals surface area contributed by atoms with Crippen molar-refractivity contribution in [1.82, 2.24) is 4.90 Å². The summed E-state index contributed by atoms with van der Waals surface area (Å²) in [6.07, 6.45) is 0. The zero-order chi connectivity index (χ0) is 21.7. The molecule has 2 rings (SSSR count). The Morgan fingerprint density at radius 3 is 2.48 bits per heavy atom. The lowest BCUT2D eigenvalue weighted by molar-refractivity contribution is -0.118. The van der Waals surface area contributed by atoms with Gasteiger partial charge < -0.3 is 19.7 Å². The number of ether oxygens (including phenoxy) is 2. The van der Waals surface area contributed by atoms with Crippen LogP contribution in [0.1, 0.15) is 38.1 Å². The van der Waals surface area contributed by atoms with Gasteiger partial charge in [-0.05, 0) is 50.1 Å². The standard InChI is InChI=1S/C20H23ClN2O5S/c1-6-27-20(26)16-12(3)17(19(25)23(4)5)29-18(16)22-15(24)10-28-14-8-7-13(21)9-11(14)2/h7-9H,6,10H2,1-5H3,(H,22,24). The van der Waals surface area contributed by atoms with Gasteiger partial charge in [0.2, 0.25) is 0 Å². The van der Waals surface area contributed by atoms with Gasteiger partial charge in [-0.2, -0.15) is 0 Å². The second kappa shape index (κ2) is 9.76. The molecule has 0 aliphatic carbocycles. The highest BCUT2D eigenvalue weighted by molar-refractivity contribution is 7.18. The minimum Gasteiger partial charge on any atom is -0.483 e. The van der Waals surface area contributed by atoms with Crippen LogP contribution < -0.4 is 10.1 Å². The quantitative estimate of drug-likeness (QED) is 0.662. The van der Waals surface area contributed by atoms with Crippen LogP contribution in [0.25, 0.3) is 0 Å². The number of hydrogen-bond donors (Lipinski definition) is 1. The number of carbonyl (C=O) groups excluding carboxylic acids is 3. The summed E-state index contributed by atoms with van der Waals surface area (Å²) in [6, 6.07) is 5.08. The maximum absolute atomic E-state index is 12.4. The summed E-state index contributed by atoms with van der Waals surface area (Å²) in [5, 5.41) is 3.49. The lowest BCUT2D eigenvalue weighted by atomic mass is 10.1. The number of anilines is 1. The summed E-state index contributed by atoms with van der Waals surface area (Å²) in [5.41, 5.74) is 1.44. The average molecular weight is 439 g/mol. The highest BCUT2D eigenvalue weighted by Gasteiger charge is 2.27. The number of nitrogens with one attached hydrogen (secondary N) is 1. The van der Waals surface area contributed by atoms with Crippen molar-refractivity contribution in [2.75, 3.05) is 32.6 Å². The van der Waals surface area contributed by atoms with Crippen LogP contribution >= 0.6 is 22.9 Å². The van der Waals surface area contributed by atoms with E-state index in [2.05, 4.69) is 5.32 Å². The third-order valence-electron chi connectivity index (χ3n) is 3.98. The molecule has 0 unspecified atom stereocenters. The second-order valence-corrected chi connectivity index (χ2v) is 7.88. The summed E-state index contributed by atoms with van der Waals surface area (Å²) in [4.78, 5) is 39.0. The van der Waals surface area contributed by atoms with Gasteiger partial charge in [0.1, 0.15) is 10.8 Å². The summed E-state index contributed by atoms with van der Waals surface area (Å²) in [5.74, 6) is -0.786. The van der Waals surface area contributed by atoms with E-state index in [-0.39, 0.29) is 29.7 Å². The van der Waals surface area contributed by atoms with Gasteiger partial charge in [0.05, 0.1) is 17.0 Å². The van der Waals surface area contributed by atoms with Crippen molar-refractivity contribution in [3.05, 3.63) is 44.8 Å². The Labute approximate surface area is 178 Å². The second-order valence-electron chi connectivity index (χ2n) is 6.43. The highest BCUT2D eigenvalue weighted by atomic mass is 35.5. The van der Waals surface area contributed by atoms with E-state index in [4.69, 9.17) is 21.1 Å². The van der Waals surface area contributed by atoms with Crippen molar-refractivity contribution >= 4 is 45.7 Å². The molecule has 2 amide bonds. The van der Waals surface area contributed by atoms with Gasteiger partial charge in [-0.25, -0.2) is 4.79 Å². The summed E-state index contributed by atoms with van der Waals surface area (Å²) < 4.78 is 10.6. The van der Waals surface area contributed by atoms with Crippen LogP contribution in [0.5, 0.6) is 5.75 Å². The fourth-order valence-electron chi connectivity index (χ4n) is 2.54. The Balaban J connectivity index is 2.23. The number of esters is 1. The number of nitrogens with zero attached hydrogens (tertiary/aromatic N) is 1. The molecular weight excluding hydrogens is 416 g/mol. The maximum Gasteiger partial charge on any atom is 0.341 e. The topological polar surface area (TPSA) is 84.9 Å². The van der Waals surface area contributed by atoms with Gasteiger partial charge in [-0.15, -0.1) is 11.3 Å². The number of halogens is 1. The van der Waals surface area contributed by atoms with E-state index < -0.39 is 11.9 Å². The van der Waals surface area contributed by atoms with E-state index in [1.165, 1.54) is 4.90 Å². The SMILES string of the molecule is CCOC(=O)c1c(NC(=O)COc2ccc(Cl)cc2C)sc(C(=O)N(C)C)c1C. The first kappa shape index (κ1) is 22.7. The van der Waals surface area contributed by atoms with Crippen LogP contribution in [0.3, 0.4) is 0 Å². The monoisotopic (exact) mass is 438 g/mol. The van der Waals surface area contributed by atoms with Crippen LogP contribution in [0, 0.1) is 13.8 Å². The largest absolute Gasteiger partial charge is 0.483 e. The number of rotatable bonds is 7. The third kappa shape index (κ3) is 5.48. The zero-order valence-electron chi connectivity index (χ0n) is 16.9. The Kier molecular flexibility index (Phi) is 7.64. The molecule has 0 aliphatic rings. The van der Waals surface area contributed by atoms with Gasteiger partial charge in [0.15, 0.2) is 6.61 Å². The Morgan fingerprint density at radius 1 is 1.21 bits per heavy atom. The van der Waals surface area contributed by atoms with Crippen molar-refractivity contribution in [3.8, 4) is 5.75 Å². The normalized spacial score (nSPS) is 10.4. The molecule has 0 atom stereocenters. The summed E-state index contributed by atoms with van der Waals surface area (Å²) in [7, 11) is 3.23. The van der Waals surface area contributed by atoms with E-state index in [1.807, 2.05) is 6.92 Å². The number of benzene rings is 1. The van der Waals surface area contributed by atoms with Crippen LogP contribution in [0.15, 0.2) is 18.2 Å². The van der Waals surface area contributed by atoms with Gasteiger partial charge in [0, 0.05) is 19.1 Å². The lowest BCUT2D eigenvalue weighted by Gasteiger charge is -2.10. The summed E-state index contributed by atoms with van der Waals surface area (Å²) in [6.45, 7) is 5.07. The molecule has 7 nitrogen and oxygen atoms in total. The van der Waals surface area contributed by atoms with Crippen molar-refractivity contribution in [3.63, 3.8) is 0 Å². The zero-order valence-corrected chi connectivity index (χ0v) is 18.5. The van der Waals surface area contributed by atoms with Crippen molar-refractivity contribution in [2.45, 2.75) is 20.8 Å². The molecule has 9 heteroatoms. The molecule has 0 spiro atoms. The molecular formula is C20H23ClN2O5S. The van der Waals surface area contributed by atoms with Gasteiger partial charge in [-0.1, -0.05) is 11.6 Å². The fourth-order valence-corrected chi connectivity index (χ4v) is 4.00.